The normalized spacial score (nSPS) is 12.9. The first-order valence-corrected chi connectivity index (χ1v) is 28.0. The van der Waals surface area contributed by atoms with E-state index >= 15 is 0 Å². The SMILES string of the molecule is CC\C=C/C=C\C=C/C=C\C=C\C=C/CCCCCC(=O)OC(COC(=O)CCCCCCC/C=C\CCCCCCCCCCC)COC(=O)CCCCCCCC/C=C\C=C/CCCCC. The summed E-state index contributed by atoms with van der Waals surface area (Å²) < 4.78 is 16.8. The first-order chi connectivity index (χ1) is 33.5. The predicted molar refractivity (Wildman–Crippen MR) is 293 cm³/mol. The van der Waals surface area contributed by atoms with E-state index in [0.717, 1.165) is 89.9 Å². The van der Waals surface area contributed by atoms with Crippen molar-refractivity contribution in [2.75, 3.05) is 13.2 Å². The van der Waals surface area contributed by atoms with Crippen LogP contribution in [0.15, 0.2) is 109 Å². The van der Waals surface area contributed by atoms with E-state index in [-0.39, 0.29) is 37.5 Å². The van der Waals surface area contributed by atoms with Gasteiger partial charge in [0.1, 0.15) is 13.2 Å². The summed E-state index contributed by atoms with van der Waals surface area (Å²) in [6.07, 6.45) is 75.0. The minimum Gasteiger partial charge on any atom is -0.462 e. The summed E-state index contributed by atoms with van der Waals surface area (Å²) in [5, 5.41) is 0. The molecule has 6 nitrogen and oxygen atoms in total. The number of carbonyl (C=O) groups is 3. The van der Waals surface area contributed by atoms with Crippen molar-refractivity contribution in [3.8, 4) is 0 Å². The van der Waals surface area contributed by atoms with Gasteiger partial charge >= 0.3 is 17.9 Å². The second kappa shape index (κ2) is 55.7. The van der Waals surface area contributed by atoms with Crippen LogP contribution in [0.3, 0.4) is 0 Å². The maximum Gasteiger partial charge on any atom is 0.306 e. The van der Waals surface area contributed by atoms with Gasteiger partial charge in [-0.1, -0.05) is 246 Å². The average Bonchev–Trinajstić information content (AvgIpc) is 3.34. The van der Waals surface area contributed by atoms with E-state index in [2.05, 4.69) is 69.4 Å². The fourth-order valence-corrected chi connectivity index (χ4v) is 7.46. The summed E-state index contributed by atoms with van der Waals surface area (Å²) >= 11 is 0. The van der Waals surface area contributed by atoms with Crippen molar-refractivity contribution < 1.29 is 28.6 Å². The molecule has 0 spiro atoms. The van der Waals surface area contributed by atoms with E-state index in [1.165, 1.54) is 109 Å². The number of unbranched alkanes of at least 4 members (excludes halogenated alkanes) is 26. The minimum atomic E-state index is -0.812. The highest BCUT2D eigenvalue weighted by molar-refractivity contribution is 5.71. The van der Waals surface area contributed by atoms with Gasteiger partial charge in [0.2, 0.25) is 0 Å². The van der Waals surface area contributed by atoms with Gasteiger partial charge in [-0.05, 0) is 89.9 Å². The van der Waals surface area contributed by atoms with Crippen molar-refractivity contribution in [3.05, 3.63) is 109 Å². The molecule has 0 rings (SSSR count). The van der Waals surface area contributed by atoms with Crippen molar-refractivity contribution in [3.63, 3.8) is 0 Å². The molecule has 0 fully saturated rings. The Morgan fingerprint density at radius 2 is 0.588 bits per heavy atom. The highest BCUT2D eigenvalue weighted by Gasteiger charge is 2.19. The van der Waals surface area contributed by atoms with Gasteiger partial charge in [-0.3, -0.25) is 14.4 Å². The Morgan fingerprint density at radius 3 is 1.00 bits per heavy atom. The monoisotopic (exact) mass is 943 g/mol. The Morgan fingerprint density at radius 1 is 0.309 bits per heavy atom. The van der Waals surface area contributed by atoms with Crippen LogP contribution in [-0.2, 0) is 28.6 Å². The Hall–Kier alpha value is -3.93. The quantitative estimate of drug-likeness (QED) is 0.0199. The van der Waals surface area contributed by atoms with Crippen LogP contribution in [0.1, 0.15) is 245 Å². The molecule has 0 radical (unpaired) electrons. The maximum atomic E-state index is 12.8. The number of rotatable bonds is 49. The second-order valence-electron chi connectivity index (χ2n) is 18.3. The maximum absolute atomic E-state index is 12.8. The van der Waals surface area contributed by atoms with E-state index in [1.807, 2.05) is 60.8 Å². The number of allylic oxidation sites excluding steroid dienone is 18. The van der Waals surface area contributed by atoms with Crippen molar-refractivity contribution in [2.24, 2.45) is 0 Å². The van der Waals surface area contributed by atoms with Crippen molar-refractivity contribution in [1.82, 2.24) is 0 Å². The molecule has 68 heavy (non-hydrogen) atoms. The molecule has 0 aromatic carbocycles. The van der Waals surface area contributed by atoms with E-state index < -0.39 is 6.10 Å². The highest BCUT2D eigenvalue weighted by atomic mass is 16.6. The Bertz CT molecular complexity index is 1410. The lowest BCUT2D eigenvalue weighted by Gasteiger charge is -2.18. The molecular weight excluding hydrogens is 841 g/mol. The third-order valence-corrected chi connectivity index (χ3v) is 11.7. The molecule has 0 amide bonds. The van der Waals surface area contributed by atoms with Gasteiger partial charge in [0.15, 0.2) is 6.10 Å². The first-order valence-electron chi connectivity index (χ1n) is 28.0. The first kappa shape index (κ1) is 64.1. The van der Waals surface area contributed by atoms with E-state index in [9.17, 15) is 14.4 Å². The molecule has 0 bridgehead atoms. The van der Waals surface area contributed by atoms with Crippen LogP contribution in [0.4, 0.5) is 0 Å². The van der Waals surface area contributed by atoms with Gasteiger partial charge in [0.25, 0.3) is 0 Å². The van der Waals surface area contributed by atoms with Crippen molar-refractivity contribution >= 4 is 17.9 Å². The molecule has 0 aromatic heterocycles. The average molecular weight is 943 g/mol. The zero-order valence-electron chi connectivity index (χ0n) is 44.1. The lowest BCUT2D eigenvalue weighted by atomic mass is 10.1. The predicted octanol–water partition coefficient (Wildman–Crippen LogP) is 18.7. The molecule has 0 aliphatic heterocycles. The van der Waals surface area contributed by atoms with E-state index in [4.69, 9.17) is 14.2 Å². The van der Waals surface area contributed by atoms with Crippen LogP contribution in [0, 0.1) is 0 Å². The fourth-order valence-electron chi connectivity index (χ4n) is 7.46. The molecule has 0 aliphatic carbocycles. The Balaban J connectivity index is 4.51. The molecule has 0 heterocycles. The lowest BCUT2D eigenvalue weighted by molar-refractivity contribution is -0.167. The Kier molecular flexibility index (Phi) is 52.4. The molecule has 1 unspecified atom stereocenters. The molecule has 386 valence electrons. The van der Waals surface area contributed by atoms with Gasteiger partial charge < -0.3 is 14.2 Å². The number of hydrogen-bond acceptors (Lipinski definition) is 6. The molecule has 6 heteroatoms. The van der Waals surface area contributed by atoms with Gasteiger partial charge in [0, 0.05) is 19.3 Å². The van der Waals surface area contributed by atoms with Crippen molar-refractivity contribution in [1.29, 1.82) is 0 Å². The van der Waals surface area contributed by atoms with Crippen LogP contribution >= 0.6 is 0 Å². The molecule has 0 saturated heterocycles. The Labute approximate surface area is 419 Å². The summed E-state index contributed by atoms with van der Waals surface area (Å²) in [5.41, 5.74) is 0. The van der Waals surface area contributed by atoms with Crippen LogP contribution in [0.5, 0.6) is 0 Å². The van der Waals surface area contributed by atoms with Crippen LogP contribution in [-0.4, -0.2) is 37.2 Å². The van der Waals surface area contributed by atoms with Gasteiger partial charge in [0.05, 0.1) is 0 Å². The molecule has 0 saturated carbocycles. The van der Waals surface area contributed by atoms with Gasteiger partial charge in [-0.25, -0.2) is 0 Å². The molecule has 0 aliphatic rings. The summed E-state index contributed by atoms with van der Waals surface area (Å²) in [4.78, 5) is 38.1. The van der Waals surface area contributed by atoms with E-state index in [0.29, 0.717) is 19.3 Å². The summed E-state index contributed by atoms with van der Waals surface area (Å²) in [5.74, 6) is -0.970. The smallest absolute Gasteiger partial charge is 0.306 e. The minimum absolute atomic E-state index is 0.106. The number of hydrogen-bond donors (Lipinski definition) is 0. The van der Waals surface area contributed by atoms with Crippen molar-refractivity contribution in [2.45, 2.75) is 252 Å². The third kappa shape index (κ3) is 53.0. The van der Waals surface area contributed by atoms with Gasteiger partial charge in [-0.2, -0.15) is 0 Å². The summed E-state index contributed by atoms with van der Waals surface area (Å²) in [6, 6.07) is 0. The standard InChI is InChI=1S/C62H102O6/c1-4-7-10-13-16-19-22-25-28-30-32-34-37-40-43-46-49-52-55-61(64)67-58-59(57-66-60(63)54-51-48-45-42-39-36-33-27-24-21-18-15-12-9-6-3)68-62(65)56-53-50-47-44-41-38-35-31-29-26-23-20-17-14-11-8-5-2/h8,11,14,17-18,20-21,23-24,26-27,29,31-32,34-35,38,41,59H,4-7,9-10,12-13,15-16,19,22,25,28,30,33,36-37,39-40,42-58H2,1-3H3/b11-8-,17-14-,21-18-,23-20-,27-24-,29-26-,34-32-,35-31+,41-38-. The van der Waals surface area contributed by atoms with Crippen LogP contribution < -0.4 is 0 Å². The number of ether oxygens (including phenoxy) is 3. The highest BCUT2D eigenvalue weighted by Crippen LogP contribution is 2.14. The number of esters is 3. The zero-order valence-corrected chi connectivity index (χ0v) is 44.1. The van der Waals surface area contributed by atoms with Crippen LogP contribution in [0.25, 0.3) is 0 Å². The van der Waals surface area contributed by atoms with Crippen LogP contribution in [0.2, 0.25) is 0 Å². The zero-order chi connectivity index (χ0) is 49.3. The molecule has 0 N–H and O–H groups in total. The molecular formula is C62H102O6. The summed E-state index contributed by atoms with van der Waals surface area (Å²) in [7, 11) is 0. The largest absolute Gasteiger partial charge is 0.462 e. The topological polar surface area (TPSA) is 78.9 Å². The molecule has 1 atom stereocenters. The number of carbonyl (C=O) groups excluding carboxylic acids is 3. The fraction of sp³-hybridized carbons (Fsp3) is 0.661. The lowest BCUT2D eigenvalue weighted by Crippen LogP contribution is -2.30. The second-order valence-corrected chi connectivity index (χ2v) is 18.3. The van der Waals surface area contributed by atoms with Gasteiger partial charge in [-0.15, -0.1) is 0 Å². The van der Waals surface area contributed by atoms with E-state index in [1.54, 1.807) is 0 Å². The summed E-state index contributed by atoms with van der Waals surface area (Å²) in [6.45, 7) is 6.41. The third-order valence-electron chi connectivity index (χ3n) is 11.7. The molecule has 0 aromatic rings.